The molecule has 0 saturated heterocycles. The Balaban J connectivity index is 2.91. The van der Waals surface area contributed by atoms with Crippen molar-refractivity contribution >= 4 is 0 Å². The summed E-state index contributed by atoms with van der Waals surface area (Å²) in [5.41, 5.74) is 0.560. The van der Waals surface area contributed by atoms with E-state index in [9.17, 15) is 0 Å². The van der Waals surface area contributed by atoms with Crippen LogP contribution in [-0.4, -0.2) is 13.7 Å². The van der Waals surface area contributed by atoms with Crippen molar-refractivity contribution in [2.45, 2.75) is 6.42 Å². The highest BCUT2D eigenvalue weighted by Gasteiger charge is 2.05. The number of nitrogens with zero attached hydrogens (tertiary/aromatic N) is 1. The SMILES string of the molecule is [CH2+]CCOc1cc(C#N)ccc1OC. The first kappa shape index (κ1) is 10.3. The molecule has 0 radical (unpaired) electrons. The summed E-state index contributed by atoms with van der Waals surface area (Å²) in [4.78, 5) is 0. The normalized spacial score (nSPS) is 9.14. The van der Waals surface area contributed by atoms with Crippen molar-refractivity contribution in [2.24, 2.45) is 0 Å². The lowest BCUT2D eigenvalue weighted by Gasteiger charge is -2.08. The molecule has 0 spiro atoms. The van der Waals surface area contributed by atoms with Gasteiger partial charge in [-0.15, -0.1) is 0 Å². The first-order valence-electron chi connectivity index (χ1n) is 4.32. The lowest BCUT2D eigenvalue weighted by Crippen LogP contribution is -1.98. The quantitative estimate of drug-likeness (QED) is 0.683. The van der Waals surface area contributed by atoms with E-state index in [-0.39, 0.29) is 0 Å². The van der Waals surface area contributed by atoms with Crippen molar-refractivity contribution in [3.05, 3.63) is 30.7 Å². The van der Waals surface area contributed by atoms with Crippen LogP contribution in [0.15, 0.2) is 18.2 Å². The van der Waals surface area contributed by atoms with Gasteiger partial charge in [-0.2, -0.15) is 5.26 Å². The van der Waals surface area contributed by atoms with Crippen LogP contribution < -0.4 is 9.47 Å². The Kier molecular flexibility index (Phi) is 3.69. The van der Waals surface area contributed by atoms with E-state index < -0.39 is 0 Å². The molecule has 72 valence electrons. The molecule has 0 aromatic heterocycles. The Labute approximate surface area is 83.9 Å². The molecular weight excluding hydrogens is 178 g/mol. The maximum absolute atomic E-state index is 8.69. The molecule has 14 heavy (non-hydrogen) atoms. The highest BCUT2D eigenvalue weighted by molar-refractivity contribution is 5.46. The van der Waals surface area contributed by atoms with Crippen molar-refractivity contribution in [1.29, 1.82) is 5.26 Å². The zero-order chi connectivity index (χ0) is 10.4. The van der Waals surface area contributed by atoms with Gasteiger partial charge in [0, 0.05) is 6.07 Å². The average molecular weight is 190 g/mol. The van der Waals surface area contributed by atoms with Gasteiger partial charge in [0.05, 0.1) is 25.7 Å². The fourth-order valence-electron chi connectivity index (χ4n) is 1.04. The van der Waals surface area contributed by atoms with Gasteiger partial charge in [0.15, 0.2) is 11.5 Å². The monoisotopic (exact) mass is 190 g/mol. The van der Waals surface area contributed by atoms with Crippen molar-refractivity contribution < 1.29 is 9.47 Å². The van der Waals surface area contributed by atoms with Gasteiger partial charge in [0.1, 0.15) is 13.0 Å². The maximum Gasteiger partial charge on any atom is 0.162 e. The predicted molar refractivity (Wildman–Crippen MR) is 53.2 cm³/mol. The summed E-state index contributed by atoms with van der Waals surface area (Å²) in [7, 11) is 1.57. The predicted octanol–water partition coefficient (Wildman–Crippen LogP) is 2.17. The van der Waals surface area contributed by atoms with Gasteiger partial charge >= 0.3 is 0 Å². The summed E-state index contributed by atoms with van der Waals surface area (Å²) in [6.07, 6.45) is 0.680. The van der Waals surface area contributed by atoms with E-state index >= 15 is 0 Å². The number of benzene rings is 1. The summed E-state index contributed by atoms with van der Waals surface area (Å²) in [6, 6.07) is 7.11. The Morgan fingerprint density at radius 1 is 1.43 bits per heavy atom. The minimum Gasteiger partial charge on any atom is -0.493 e. The van der Waals surface area contributed by atoms with Gasteiger partial charge in [0.25, 0.3) is 0 Å². The van der Waals surface area contributed by atoms with Crippen LogP contribution >= 0.6 is 0 Å². The molecule has 0 bridgehead atoms. The third-order valence-corrected chi connectivity index (χ3v) is 1.69. The average Bonchev–Trinajstić information content (AvgIpc) is 2.25. The number of hydrogen-bond donors (Lipinski definition) is 0. The summed E-state index contributed by atoms with van der Waals surface area (Å²) in [5.74, 6) is 1.23. The fourth-order valence-corrected chi connectivity index (χ4v) is 1.04. The molecule has 0 atom stereocenters. The Bertz CT molecular complexity index is 342. The second kappa shape index (κ2) is 5.03. The van der Waals surface area contributed by atoms with E-state index in [2.05, 4.69) is 6.92 Å². The molecule has 0 saturated carbocycles. The van der Waals surface area contributed by atoms with Crippen molar-refractivity contribution in [3.8, 4) is 17.6 Å². The number of methoxy groups -OCH3 is 1. The van der Waals surface area contributed by atoms with E-state index in [0.717, 1.165) is 0 Å². The Hall–Kier alpha value is -1.82. The molecule has 1 aromatic carbocycles. The Morgan fingerprint density at radius 2 is 2.21 bits per heavy atom. The van der Waals surface area contributed by atoms with Gasteiger partial charge in [-0.05, 0) is 12.1 Å². The van der Waals surface area contributed by atoms with Crippen LogP contribution in [0, 0.1) is 18.3 Å². The van der Waals surface area contributed by atoms with Crippen LogP contribution in [0.5, 0.6) is 11.5 Å². The van der Waals surface area contributed by atoms with Crippen LogP contribution in [0.25, 0.3) is 0 Å². The first-order valence-corrected chi connectivity index (χ1v) is 4.32. The molecule has 1 rings (SSSR count). The first-order chi connectivity index (χ1) is 6.81. The molecule has 1 aromatic rings. The molecule has 0 fully saturated rings. The van der Waals surface area contributed by atoms with Gasteiger partial charge in [-0.25, -0.2) is 0 Å². The summed E-state index contributed by atoms with van der Waals surface area (Å²) >= 11 is 0. The molecule has 0 aliphatic rings. The van der Waals surface area contributed by atoms with Gasteiger partial charge in [0.2, 0.25) is 0 Å². The standard InChI is InChI=1S/C11H12NO2/c1-3-6-14-11-7-9(8-12)4-5-10(11)13-2/h4-5,7H,1,3,6H2,2H3/q+1. The zero-order valence-corrected chi connectivity index (χ0v) is 8.12. The molecular formula is C11H12NO2+. The fraction of sp³-hybridized carbons (Fsp3) is 0.273. The van der Waals surface area contributed by atoms with Crippen molar-refractivity contribution in [2.75, 3.05) is 13.7 Å². The number of nitriles is 1. The molecule has 0 heterocycles. The van der Waals surface area contributed by atoms with E-state index in [1.54, 1.807) is 25.3 Å². The molecule has 0 aliphatic carbocycles. The van der Waals surface area contributed by atoms with E-state index in [1.807, 2.05) is 6.07 Å². The van der Waals surface area contributed by atoms with E-state index in [4.69, 9.17) is 14.7 Å². The summed E-state index contributed by atoms with van der Waals surface area (Å²) in [5, 5.41) is 8.69. The highest BCUT2D eigenvalue weighted by atomic mass is 16.5. The molecule has 0 N–H and O–H groups in total. The summed E-state index contributed by atoms with van der Waals surface area (Å²) in [6.45, 7) is 4.19. The van der Waals surface area contributed by atoms with Crippen LogP contribution in [-0.2, 0) is 0 Å². The molecule has 3 nitrogen and oxygen atoms in total. The molecule has 3 heteroatoms. The third-order valence-electron chi connectivity index (χ3n) is 1.69. The molecule has 0 unspecified atom stereocenters. The Morgan fingerprint density at radius 3 is 2.79 bits per heavy atom. The van der Waals surface area contributed by atoms with Crippen LogP contribution in [0.3, 0.4) is 0 Å². The largest absolute Gasteiger partial charge is 0.493 e. The van der Waals surface area contributed by atoms with Crippen molar-refractivity contribution in [3.63, 3.8) is 0 Å². The lowest BCUT2D eigenvalue weighted by molar-refractivity contribution is 0.299. The van der Waals surface area contributed by atoms with E-state index in [1.165, 1.54) is 0 Å². The topological polar surface area (TPSA) is 42.2 Å². The van der Waals surface area contributed by atoms with E-state index in [0.29, 0.717) is 30.1 Å². The third kappa shape index (κ3) is 2.33. The minimum atomic E-state index is 0.519. The second-order valence-corrected chi connectivity index (χ2v) is 2.68. The van der Waals surface area contributed by atoms with Gasteiger partial charge < -0.3 is 9.47 Å². The van der Waals surface area contributed by atoms with Crippen molar-refractivity contribution in [1.82, 2.24) is 0 Å². The number of ether oxygens (including phenoxy) is 2. The van der Waals surface area contributed by atoms with Crippen LogP contribution in [0.1, 0.15) is 12.0 Å². The maximum atomic E-state index is 8.69. The minimum absolute atomic E-state index is 0.519. The molecule has 0 aliphatic heterocycles. The van der Waals surface area contributed by atoms with Crippen LogP contribution in [0.4, 0.5) is 0 Å². The van der Waals surface area contributed by atoms with Crippen LogP contribution in [0.2, 0.25) is 0 Å². The number of rotatable bonds is 4. The summed E-state index contributed by atoms with van der Waals surface area (Å²) < 4.78 is 10.5. The smallest absolute Gasteiger partial charge is 0.162 e. The highest BCUT2D eigenvalue weighted by Crippen LogP contribution is 2.27. The van der Waals surface area contributed by atoms with Gasteiger partial charge in [-0.3, -0.25) is 0 Å². The van der Waals surface area contributed by atoms with Gasteiger partial charge in [-0.1, -0.05) is 0 Å². The lowest BCUT2D eigenvalue weighted by atomic mass is 10.2. The number of hydrogen-bond acceptors (Lipinski definition) is 3. The zero-order valence-electron chi connectivity index (χ0n) is 8.12. The molecule has 0 amide bonds. The second-order valence-electron chi connectivity index (χ2n) is 2.68.